The molecular weight excluding hydrogens is 557 g/mol. The number of alkyl halides is 9. The molecule has 0 aliphatic rings. The summed E-state index contributed by atoms with van der Waals surface area (Å²) in [5.74, 6) is -1.29. The highest BCUT2D eigenvalue weighted by Gasteiger charge is 2.50. The third-order valence-corrected chi connectivity index (χ3v) is 6.10. The van der Waals surface area contributed by atoms with Crippen LogP contribution in [-0.2, 0) is 11.8 Å². The molecule has 3 aromatic rings. The molecule has 4 nitrogen and oxygen atoms in total. The fraction of sp³-hybridized carbons (Fsp3) is 0.333. The summed E-state index contributed by atoms with van der Waals surface area (Å²) >= 11 is 0. The smallest absolute Gasteiger partial charge is 0.406 e. The van der Waals surface area contributed by atoms with Crippen LogP contribution in [0.3, 0.4) is 0 Å². The number of ether oxygens (including phenoxy) is 2. The third kappa shape index (κ3) is 8.28. The molecule has 0 amide bonds. The molecule has 3 aromatic carbocycles. The molecule has 0 heterocycles. The molecule has 0 aliphatic carbocycles. The lowest BCUT2D eigenvalue weighted by Crippen LogP contribution is -2.52. The van der Waals surface area contributed by atoms with Crippen LogP contribution in [0.5, 0.6) is 11.5 Å². The van der Waals surface area contributed by atoms with E-state index in [1.807, 2.05) is 0 Å². The quantitative estimate of drug-likeness (QED) is 0.256. The Morgan fingerprint density at radius 2 is 1.12 bits per heavy atom. The highest BCUT2D eigenvalue weighted by molar-refractivity contribution is 5.47. The molecule has 0 spiro atoms. The first-order chi connectivity index (χ1) is 18.4. The molecule has 0 aromatic heterocycles. The highest BCUT2D eigenvalue weighted by atomic mass is 19.4. The normalized spacial score (nSPS) is 14.5. The third-order valence-electron chi connectivity index (χ3n) is 6.10. The van der Waals surface area contributed by atoms with E-state index in [0.29, 0.717) is 12.5 Å². The zero-order valence-electron chi connectivity index (χ0n) is 20.8. The molecule has 0 aliphatic heterocycles. The van der Waals surface area contributed by atoms with Crippen LogP contribution in [0.4, 0.5) is 39.5 Å². The lowest BCUT2D eigenvalue weighted by molar-refractivity contribution is -0.275. The van der Waals surface area contributed by atoms with Gasteiger partial charge in [0.1, 0.15) is 11.5 Å². The topological polar surface area (TPSA) is 50.7 Å². The fourth-order valence-corrected chi connectivity index (χ4v) is 4.18. The lowest BCUT2D eigenvalue weighted by atomic mass is 9.70. The van der Waals surface area contributed by atoms with E-state index in [4.69, 9.17) is 0 Å². The van der Waals surface area contributed by atoms with Crippen LogP contribution in [0.15, 0.2) is 78.9 Å². The van der Waals surface area contributed by atoms with Crippen LogP contribution < -0.4 is 14.8 Å². The molecule has 2 N–H and O–H groups in total. The van der Waals surface area contributed by atoms with Crippen molar-refractivity contribution in [2.75, 3.05) is 13.1 Å². The van der Waals surface area contributed by atoms with Gasteiger partial charge < -0.3 is 19.9 Å². The molecule has 0 radical (unpaired) electrons. The van der Waals surface area contributed by atoms with Crippen LogP contribution in [0.25, 0.3) is 0 Å². The number of nitrogens with one attached hydrogen (secondary N) is 1. The van der Waals surface area contributed by atoms with Gasteiger partial charge in [0.15, 0.2) is 5.60 Å². The Labute approximate surface area is 223 Å². The van der Waals surface area contributed by atoms with Crippen molar-refractivity contribution in [3.8, 4) is 11.5 Å². The molecule has 218 valence electrons. The number of aliphatic hydroxyl groups is 1. The van der Waals surface area contributed by atoms with Crippen LogP contribution >= 0.6 is 0 Å². The molecule has 0 bridgehead atoms. The van der Waals surface area contributed by atoms with Crippen molar-refractivity contribution in [2.24, 2.45) is 0 Å². The van der Waals surface area contributed by atoms with Crippen molar-refractivity contribution in [3.63, 3.8) is 0 Å². The van der Waals surface area contributed by atoms with Crippen molar-refractivity contribution in [3.05, 3.63) is 95.6 Å². The number of halogens is 9. The van der Waals surface area contributed by atoms with Gasteiger partial charge in [-0.05, 0) is 54.3 Å². The van der Waals surface area contributed by atoms with Crippen LogP contribution in [-0.4, -0.2) is 42.7 Å². The number of benzene rings is 3. The highest BCUT2D eigenvalue weighted by Crippen LogP contribution is 2.40. The van der Waals surface area contributed by atoms with E-state index in [1.54, 1.807) is 30.3 Å². The zero-order chi connectivity index (χ0) is 29.8. The Kier molecular flexibility index (Phi) is 8.99. The summed E-state index contributed by atoms with van der Waals surface area (Å²) in [7, 11) is 0. The van der Waals surface area contributed by atoms with Gasteiger partial charge in [-0.15, -0.1) is 26.3 Å². The van der Waals surface area contributed by atoms with E-state index in [-0.39, 0.29) is 17.5 Å². The Balaban J connectivity index is 2.20. The average Bonchev–Trinajstić information content (AvgIpc) is 2.81. The Morgan fingerprint density at radius 3 is 1.55 bits per heavy atom. The van der Waals surface area contributed by atoms with Crippen molar-refractivity contribution < 1.29 is 54.1 Å². The van der Waals surface area contributed by atoms with E-state index < -0.39 is 54.5 Å². The van der Waals surface area contributed by atoms with E-state index in [9.17, 15) is 44.6 Å². The van der Waals surface area contributed by atoms with Gasteiger partial charge >= 0.3 is 18.9 Å². The van der Waals surface area contributed by atoms with Gasteiger partial charge in [-0.2, -0.15) is 13.2 Å². The van der Waals surface area contributed by atoms with E-state index in [0.717, 1.165) is 24.3 Å². The summed E-state index contributed by atoms with van der Waals surface area (Å²) in [6.07, 6.45) is -15.2. The molecule has 0 unspecified atom stereocenters. The molecule has 0 saturated carbocycles. The summed E-state index contributed by atoms with van der Waals surface area (Å²) in [4.78, 5) is 0. The first-order valence-corrected chi connectivity index (χ1v) is 11.7. The van der Waals surface area contributed by atoms with Gasteiger partial charge in [0, 0.05) is 18.5 Å². The van der Waals surface area contributed by atoms with Crippen molar-refractivity contribution in [1.82, 2.24) is 5.32 Å². The SMILES string of the molecule is C[C@@](O)(CNCC(Cc1ccccc1)(c1cccc(OC(F)(F)F)c1)c1cccc(OC(F)(F)F)c1)C(F)(F)F. The Morgan fingerprint density at radius 1 is 0.650 bits per heavy atom. The van der Waals surface area contributed by atoms with Crippen molar-refractivity contribution in [1.29, 1.82) is 0 Å². The molecule has 13 heteroatoms. The molecule has 1 atom stereocenters. The summed E-state index contributed by atoms with van der Waals surface area (Å²) < 4.78 is 126. The fourth-order valence-electron chi connectivity index (χ4n) is 4.18. The number of hydrogen-bond acceptors (Lipinski definition) is 4. The predicted octanol–water partition coefficient (Wildman–Crippen LogP) is 6.92. The second kappa shape index (κ2) is 11.6. The van der Waals surface area contributed by atoms with Gasteiger partial charge in [0.05, 0.1) is 0 Å². The summed E-state index contributed by atoms with van der Waals surface area (Å²) in [5, 5.41) is 12.5. The monoisotopic (exact) mass is 581 g/mol. The van der Waals surface area contributed by atoms with Crippen molar-refractivity contribution >= 4 is 0 Å². The minimum atomic E-state index is -5.06. The Bertz CT molecular complexity index is 1200. The van der Waals surface area contributed by atoms with E-state index >= 15 is 0 Å². The lowest BCUT2D eigenvalue weighted by Gasteiger charge is -2.37. The minimum Gasteiger partial charge on any atom is -0.406 e. The maximum atomic E-state index is 13.3. The van der Waals surface area contributed by atoms with Crippen LogP contribution in [0.2, 0.25) is 0 Å². The van der Waals surface area contributed by atoms with Gasteiger partial charge in [0.2, 0.25) is 0 Å². The Hall–Kier alpha value is -3.45. The molecule has 40 heavy (non-hydrogen) atoms. The van der Waals surface area contributed by atoms with Gasteiger partial charge in [-0.3, -0.25) is 0 Å². The molecular formula is C27H24F9NO3. The second-order valence-electron chi connectivity index (χ2n) is 9.27. The van der Waals surface area contributed by atoms with Gasteiger partial charge in [-0.25, -0.2) is 0 Å². The predicted molar refractivity (Wildman–Crippen MR) is 127 cm³/mol. The summed E-state index contributed by atoms with van der Waals surface area (Å²) in [6.45, 7) is -0.932. The van der Waals surface area contributed by atoms with E-state index in [2.05, 4.69) is 14.8 Å². The van der Waals surface area contributed by atoms with Gasteiger partial charge in [0.25, 0.3) is 0 Å². The van der Waals surface area contributed by atoms with Crippen molar-refractivity contribution in [2.45, 2.75) is 43.3 Å². The first kappa shape index (κ1) is 31.1. The van der Waals surface area contributed by atoms with E-state index in [1.165, 1.54) is 24.3 Å². The summed E-state index contributed by atoms with van der Waals surface area (Å²) in [5.41, 5.74) is -4.02. The number of rotatable bonds is 10. The minimum absolute atomic E-state index is 0.0834. The van der Waals surface area contributed by atoms with Crippen LogP contribution in [0.1, 0.15) is 23.6 Å². The molecule has 3 rings (SSSR count). The van der Waals surface area contributed by atoms with Gasteiger partial charge in [-0.1, -0.05) is 54.6 Å². The maximum absolute atomic E-state index is 13.3. The number of hydrogen-bond donors (Lipinski definition) is 2. The first-order valence-electron chi connectivity index (χ1n) is 11.7. The standard InChI is InChI=1S/C27H24F9NO3/c1-23(38,25(28,29)30)16-37-17-24(15-18-7-3-2-4-8-18,19-9-5-11-21(13-19)39-26(31,32)33)20-10-6-12-22(14-20)40-27(34,35)36/h2-14,37-38H,15-17H2,1H3/t23-/m1/s1. The maximum Gasteiger partial charge on any atom is 0.573 e. The molecule has 0 fully saturated rings. The molecule has 0 saturated heterocycles. The average molecular weight is 581 g/mol. The zero-order valence-corrected chi connectivity index (χ0v) is 20.8. The summed E-state index contributed by atoms with van der Waals surface area (Å²) in [6, 6.07) is 17.5. The largest absolute Gasteiger partial charge is 0.573 e. The second-order valence-corrected chi connectivity index (χ2v) is 9.27. The van der Waals surface area contributed by atoms with Crippen LogP contribution in [0, 0.1) is 0 Å².